The van der Waals surface area contributed by atoms with E-state index in [1.54, 1.807) is 6.92 Å². The fraction of sp³-hybridized carbons (Fsp3) is 0.353. The van der Waals surface area contributed by atoms with Crippen LogP contribution in [0.4, 0.5) is 24.7 Å². The lowest BCUT2D eigenvalue weighted by Crippen LogP contribution is -2.25. The molecule has 0 aliphatic heterocycles. The summed E-state index contributed by atoms with van der Waals surface area (Å²) in [7, 11) is 0. The van der Waals surface area contributed by atoms with Crippen LogP contribution >= 0.6 is 11.6 Å². The number of alkyl halides is 3. The third-order valence-electron chi connectivity index (χ3n) is 3.44. The molecule has 0 fully saturated rings. The smallest absolute Gasteiger partial charge is 0.351 e. The highest BCUT2D eigenvalue weighted by atomic mass is 35.5. The molecule has 2 rings (SSSR count). The summed E-state index contributed by atoms with van der Waals surface area (Å²) >= 11 is 5.97. The average Bonchev–Trinajstić information content (AvgIpc) is 2.55. The van der Waals surface area contributed by atoms with E-state index in [2.05, 4.69) is 20.6 Å². The normalized spacial score (nSPS) is 11.3. The largest absolute Gasteiger partial charge is 0.416 e. The van der Waals surface area contributed by atoms with Crippen molar-refractivity contribution in [2.75, 3.05) is 11.9 Å². The van der Waals surface area contributed by atoms with E-state index >= 15 is 0 Å². The number of halogens is 4. The van der Waals surface area contributed by atoms with Gasteiger partial charge in [-0.05, 0) is 31.5 Å². The van der Waals surface area contributed by atoms with Crippen molar-refractivity contribution in [1.82, 2.24) is 15.3 Å². The fourth-order valence-electron chi connectivity index (χ4n) is 2.15. The van der Waals surface area contributed by atoms with Gasteiger partial charge in [0.2, 0.25) is 0 Å². The quantitative estimate of drug-likeness (QED) is 0.704. The molecule has 1 heterocycles. The molecule has 9 heteroatoms. The summed E-state index contributed by atoms with van der Waals surface area (Å²) in [5, 5.41) is 5.55. The third-order valence-corrected chi connectivity index (χ3v) is 3.77. The van der Waals surface area contributed by atoms with Crippen LogP contribution in [0.2, 0.25) is 5.02 Å². The van der Waals surface area contributed by atoms with E-state index in [-0.39, 0.29) is 28.1 Å². The first kappa shape index (κ1) is 20.0. The Balaban J connectivity index is 2.26. The topological polar surface area (TPSA) is 66.9 Å². The first-order valence-electron chi connectivity index (χ1n) is 7.98. The van der Waals surface area contributed by atoms with Crippen LogP contribution in [0.3, 0.4) is 0 Å². The molecule has 0 saturated carbocycles. The molecule has 0 aliphatic rings. The number of nitrogens with one attached hydrogen (secondary N) is 2. The molecule has 0 saturated heterocycles. The minimum Gasteiger partial charge on any atom is -0.351 e. The van der Waals surface area contributed by atoms with Crippen LogP contribution in [0.25, 0.3) is 0 Å². The maximum absolute atomic E-state index is 12.9. The highest BCUT2D eigenvalue weighted by Crippen LogP contribution is 2.34. The van der Waals surface area contributed by atoms with Gasteiger partial charge in [-0.2, -0.15) is 13.2 Å². The van der Waals surface area contributed by atoms with Crippen molar-refractivity contribution in [3.05, 3.63) is 46.4 Å². The Morgan fingerprint density at radius 2 is 1.96 bits per heavy atom. The highest BCUT2D eigenvalue weighted by molar-refractivity contribution is 6.33. The van der Waals surface area contributed by atoms with Gasteiger partial charge in [0.25, 0.3) is 5.91 Å². The second-order valence-corrected chi connectivity index (χ2v) is 6.02. The fourth-order valence-corrected chi connectivity index (χ4v) is 2.32. The Labute approximate surface area is 154 Å². The Hall–Kier alpha value is -2.35. The van der Waals surface area contributed by atoms with Crippen molar-refractivity contribution in [3.8, 4) is 0 Å². The summed E-state index contributed by atoms with van der Waals surface area (Å²) in [6.07, 6.45) is -2.72. The van der Waals surface area contributed by atoms with Crippen LogP contribution in [-0.2, 0) is 6.18 Å². The minimum atomic E-state index is -4.49. The van der Waals surface area contributed by atoms with E-state index < -0.39 is 11.7 Å². The molecule has 0 spiro atoms. The Kier molecular flexibility index (Phi) is 6.42. The van der Waals surface area contributed by atoms with Crippen molar-refractivity contribution in [3.63, 3.8) is 0 Å². The Morgan fingerprint density at radius 3 is 2.62 bits per heavy atom. The van der Waals surface area contributed by atoms with Crippen LogP contribution in [0.1, 0.15) is 41.6 Å². The summed E-state index contributed by atoms with van der Waals surface area (Å²) in [5.74, 6) is 0.111. The summed E-state index contributed by atoms with van der Waals surface area (Å²) in [4.78, 5) is 20.3. The van der Waals surface area contributed by atoms with Gasteiger partial charge in [0.15, 0.2) is 0 Å². The zero-order valence-corrected chi connectivity index (χ0v) is 15.0. The number of aromatic nitrogens is 2. The van der Waals surface area contributed by atoms with Gasteiger partial charge in [0.05, 0.1) is 16.3 Å². The van der Waals surface area contributed by atoms with Gasteiger partial charge >= 0.3 is 6.18 Å². The molecule has 0 atom stereocenters. The van der Waals surface area contributed by atoms with Gasteiger partial charge in [0.1, 0.15) is 17.3 Å². The van der Waals surface area contributed by atoms with Gasteiger partial charge in [-0.15, -0.1) is 0 Å². The van der Waals surface area contributed by atoms with E-state index in [1.807, 2.05) is 6.92 Å². The van der Waals surface area contributed by atoms with E-state index in [9.17, 15) is 18.0 Å². The number of carbonyl (C=O) groups is 1. The first-order valence-corrected chi connectivity index (χ1v) is 8.36. The van der Waals surface area contributed by atoms with Crippen LogP contribution in [0, 0.1) is 6.92 Å². The maximum atomic E-state index is 12.9. The highest BCUT2D eigenvalue weighted by Gasteiger charge is 2.31. The summed E-state index contributed by atoms with van der Waals surface area (Å²) in [5.41, 5.74) is -0.677. The van der Waals surface area contributed by atoms with E-state index in [0.717, 1.165) is 31.0 Å². The van der Waals surface area contributed by atoms with Crippen molar-refractivity contribution >= 4 is 29.0 Å². The summed E-state index contributed by atoms with van der Waals surface area (Å²) in [6, 6.07) is 4.30. The number of anilines is 2. The molecule has 26 heavy (non-hydrogen) atoms. The lowest BCUT2D eigenvalue weighted by Gasteiger charge is -2.13. The van der Waals surface area contributed by atoms with Crippen LogP contribution in [0.15, 0.2) is 24.3 Å². The van der Waals surface area contributed by atoms with Gasteiger partial charge in [0, 0.05) is 12.6 Å². The number of hydrogen-bond donors (Lipinski definition) is 2. The van der Waals surface area contributed by atoms with Crippen molar-refractivity contribution in [2.45, 2.75) is 32.9 Å². The Morgan fingerprint density at radius 1 is 1.23 bits per heavy atom. The molecule has 0 aliphatic carbocycles. The standard InChI is InChI=1S/C17H18ClF3N4O/c1-3-4-7-22-16(26)14-9-15(24-10(2)23-14)25-13-8-11(17(19,20)21)5-6-12(13)18/h5-6,8-9H,3-4,7H2,1-2H3,(H,22,26)(H,23,24,25). The zero-order chi connectivity index (χ0) is 19.3. The number of amides is 1. The number of aryl methyl sites for hydroxylation is 1. The number of rotatable bonds is 6. The van der Waals surface area contributed by atoms with Gasteiger partial charge in [-0.1, -0.05) is 24.9 Å². The van der Waals surface area contributed by atoms with Gasteiger partial charge in [-0.3, -0.25) is 4.79 Å². The van der Waals surface area contributed by atoms with Gasteiger partial charge < -0.3 is 10.6 Å². The summed E-state index contributed by atoms with van der Waals surface area (Å²) in [6.45, 7) is 4.10. The number of unbranched alkanes of at least 4 members (excludes halogenated alkanes) is 1. The molecule has 1 aromatic carbocycles. The molecule has 140 valence electrons. The predicted molar refractivity (Wildman–Crippen MR) is 93.7 cm³/mol. The lowest BCUT2D eigenvalue weighted by atomic mass is 10.2. The average molecular weight is 387 g/mol. The molecule has 2 aromatic rings. The molecule has 0 unspecified atom stereocenters. The lowest BCUT2D eigenvalue weighted by molar-refractivity contribution is -0.137. The van der Waals surface area contributed by atoms with E-state index in [0.29, 0.717) is 12.4 Å². The number of benzene rings is 1. The van der Waals surface area contributed by atoms with Crippen LogP contribution in [0.5, 0.6) is 0 Å². The van der Waals surface area contributed by atoms with E-state index in [1.165, 1.54) is 6.07 Å². The molecule has 2 N–H and O–H groups in total. The SMILES string of the molecule is CCCCNC(=O)c1cc(Nc2cc(C(F)(F)F)ccc2Cl)nc(C)n1. The predicted octanol–water partition coefficient (Wildman–Crippen LogP) is 4.73. The molecule has 0 bridgehead atoms. The first-order chi connectivity index (χ1) is 12.2. The number of nitrogens with zero attached hydrogens (tertiary/aromatic N) is 2. The minimum absolute atomic E-state index is 0.0388. The third kappa shape index (κ3) is 5.32. The number of carbonyl (C=O) groups excluding carboxylic acids is 1. The molecule has 1 amide bonds. The molecular formula is C17H18ClF3N4O. The van der Waals surface area contributed by atoms with Crippen LogP contribution in [-0.4, -0.2) is 22.4 Å². The monoisotopic (exact) mass is 386 g/mol. The van der Waals surface area contributed by atoms with Crippen LogP contribution < -0.4 is 10.6 Å². The Bertz CT molecular complexity index is 796. The van der Waals surface area contributed by atoms with E-state index in [4.69, 9.17) is 11.6 Å². The van der Waals surface area contributed by atoms with Crippen molar-refractivity contribution < 1.29 is 18.0 Å². The molecule has 5 nitrogen and oxygen atoms in total. The van der Waals surface area contributed by atoms with Gasteiger partial charge in [-0.25, -0.2) is 9.97 Å². The maximum Gasteiger partial charge on any atom is 0.416 e. The van der Waals surface area contributed by atoms with Crippen molar-refractivity contribution in [1.29, 1.82) is 0 Å². The molecule has 0 radical (unpaired) electrons. The second-order valence-electron chi connectivity index (χ2n) is 5.61. The molecule has 1 aromatic heterocycles. The van der Waals surface area contributed by atoms with Crippen molar-refractivity contribution in [2.24, 2.45) is 0 Å². The second kappa shape index (κ2) is 8.35. The zero-order valence-electron chi connectivity index (χ0n) is 14.2. The number of hydrogen-bond acceptors (Lipinski definition) is 4. The molecular weight excluding hydrogens is 369 g/mol. The summed E-state index contributed by atoms with van der Waals surface area (Å²) < 4.78 is 38.6.